The molecule has 2 atom stereocenters. The third kappa shape index (κ3) is 4.58. The molecule has 0 bridgehead atoms. The van der Waals surface area contributed by atoms with Crippen molar-refractivity contribution in [2.45, 2.75) is 32.9 Å². The van der Waals surface area contributed by atoms with Crippen LogP contribution in [0, 0.1) is 20.8 Å². The molecule has 7 heteroatoms. The summed E-state index contributed by atoms with van der Waals surface area (Å²) < 4.78 is 8.25. The number of ether oxygens (including phenoxy) is 1. The van der Waals surface area contributed by atoms with E-state index in [9.17, 15) is 5.11 Å². The Morgan fingerprint density at radius 3 is 2.33 bits per heavy atom. The zero-order valence-corrected chi connectivity index (χ0v) is 23.4. The highest BCUT2D eigenvalue weighted by Gasteiger charge is 2.42. The number of hydrogen-bond donors (Lipinski definition) is 2. The minimum absolute atomic E-state index is 0.170. The molecule has 2 aromatic heterocycles. The molecule has 0 spiro atoms. The quantitative estimate of drug-likeness (QED) is 0.215. The van der Waals surface area contributed by atoms with E-state index in [2.05, 4.69) is 39.7 Å². The molecule has 0 saturated carbocycles. The van der Waals surface area contributed by atoms with Gasteiger partial charge < -0.3 is 24.6 Å². The monoisotopic (exact) mass is 546 g/mol. The van der Waals surface area contributed by atoms with Gasteiger partial charge in [-0.05, 0) is 105 Å². The van der Waals surface area contributed by atoms with Gasteiger partial charge in [0.1, 0.15) is 17.2 Å². The van der Waals surface area contributed by atoms with Crippen molar-refractivity contribution in [3.05, 3.63) is 131 Å². The lowest BCUT2D eigenvalue weighted by atomic mass is 9.96. The number of phenolic OH excluding ortho intramolecular Hbond substituents is 1. The second kappa shape index (κ2) is 10.5. The Hall–Kier alpha value is -4.62. The minimum atomic E-state index is -0.171. The Morgan fingerprint density at radius 1 is 0.875 bits per heavy atom. The van der Waals surface area contributed by atoms with Crippen LogP contribution in [0.2, 0.25) is 0 Å². The first-order chi connectivity index (χ1) is 19.4. The highest BCUT2D eigenvalue weighted by Crippen LogP contribution is 2.44. The number of anilines is 1. The van der Waals surface area contributed by atoms with Crippen molar-refractivity contribution in [3.8, 4) is 22.9 Å². The summed E-state index contributed by atoms with van der Waals surface area (Å²) in [6.45, 7) is 6.18. The maximum atomic E-state index is 10.7. The van der Waals surface area contributed by atoms with Gasteiger partial charge in [0.05, 0.1) is 23.5 Å². The van der Waals surface area contributed by atoms with Crippen LogP contribution in [0.1, 0.15) is 40.3 Å². The molecule has 6 rings (SSSR count). The van der Waals surface area contributed by atoms with E-state index in [0.717, 1.165) is 51.1 Å². The van der Waals surface area contributed by atoms with Gasteiger partial charge in [-0.1, -0.05) is 36.4 Å². The van der Waals surface area contributed by atoms with Crippen LogP contribution < -0.4 is 15.0 Å². The first-order valence-electron chi connectivity index (χ1n) is 13.2. The van der Waals surface area contributed by atoms with Gasteiger partial charge in [0.25, 0.3) is 0 Å². The molecule has 1 fully saturated rings. The molecule has 0 aliphatic carbocycles. The molecule has 2 N–H and O–H groups in total. The maximum absolute atomic E-state index is 10.7. The Morgan fingerprint density at radius 2 is 1.60 bits per heavy atom. The number of hydrogen-bond acceptors (Lipinski definition) is 4. The van der Waals surface area contributed by atoms with E-state index in [1.165, 1.54) is 0 Å². The van der Waals surface area contributed by atoms with E-state index in [0.29, 0.717) is 5.11 Å². The number of benzene rings is 3. The number of rotatable bonds is 6. The molecule has 1 aliphatic rings. The van der Waals surface area contributed by atoms with Crippen molar-refractivity contribution in [3.63, 3.8) is 0 Å². The van der Waals surface area contributed by atoms with E-state index in [-0.39, 0.29) is 17.8 Å². The molecular weight excluding hydrogens is 516 g/mol. The third-order valence-corrected chi connectivity index (χ3v) is 7.76. The summed E-state index contributed by atoms with van der Waals surface area (Å²) in [5, 5.41) is 14.8. The van der Waals surface area contributed by atoms with Crippen LogP contribution in [0.5, 0.6) is 17.2 Å². The van der Waals surface area contributed by atoms with Crippen molar-refractivity contribution in [2.24, 2.45) is 0 Å². The van der Waals surface area contributed by atoms with Crippen molar-refractivity contribution in [1.29, 1.82) is 0 Å². The lowest BCUT2D eigenvalue weighted by Gasteiger charge is -2.28. The van der Waals surface area contributed by atoms with Crippen LogP contribution in [0.15, 0.2) is 103 Å². The van der Waals surface area contributed by atoms with Crippen molar-refractivity contribution in [2.75, 3.05) is 4.90 Å². The van der Waals surface area contributed by atoms with Gasteiger partial charge >= 0.3 is 0 Å². The minimum Gasteiger partial charge on any atom is -0.506 e. The number of phenols is 1. The number of aromatic hydroxyl groups is 1. The Labute approximate surface area is 239 Å². The van der Waals surface area contributed by atoms with Crippen LogP contribution in [0.4, 0.5) is 5.69 Å². The van der Waals surface area contributed by atoms with Crippen molar-refractivity contribution in [1.82, 2.24) is 14.9 Å². The molecule has 6 nitrogen and oxygen atoms in total. The van der Waals surface area contributed by atoms with E-state index in [4.69, 9.17) is 17.0 Å². The molecule has 0 unspecified atom stereocenters. The summed E-state index contributed by atoms with van der Waals surface area (Å²) in [5.41, 5.74) is 6.83. The summed E-state index contributed by atoms with van der Waals surface area (Å²) in [5.74, 6) is 1.82. The van der Waals surface area contributed by atoms with Gasteiger partial charge in [-0.2, -0.15) is 0 Å². The van der Waals surface area contributed by atoms with Gasteiger partial charge in [0, 0.05) is 23.3 Å². The fourth-order valence-corrected chi connectivity index (χ4v) is 5.88. The standard InChI is InChI=1S/C33H30N4O2S/c1-21-10-4-7-14-30(21)39-25-17-15-24(16-18-25)37-32(31(35-33(37)40)27-11-8-9-19-34-27)26-20-22(2)36(23(26)3)28-12-5-6-13-29(28)38/h4-20,31-32,38H,1-3H3,(H,35,40)/t31-,32-/m1/s1. The summed E-state index contributed by atoms with van der Waals surface area (Å²) in [4.78, 5) is 6.84. The molecule has 200 valence electrons. The predicted octanol–water partition coefficient (Wildman–Crippen LogP) is 7.47. The Bertz CT molecular complexity index is 1680. The first kappa shape index (κ1) is 25.6. The number of nitrogens with one attached hydrogen (secondary N) is 1. The van der Waals surface area contributed by atoms with Gasteiger partial charge in [-0.25, -0.2) is 0 Å². The van der Waals surface area contributed by atoms with Crippen molar-refractivity contribution < 1.29 is 9.84 Å². The summed E-state index contributed by atoms with van der Waals surface area (Å²) in [6.07, 6.45) is 1.81. The van der Waals surface area contributed by atoms with Crippen LogP contribution in [-0.2, 0) is 0 Å². The lowest BCUT2D eigenvalue weighted by molar-refractivity contribution is 0.471. The lowest BCUT2D eigenvalue weighted by Crippen LogP contribution is -2.29. The Balaban J connectivity index is 1.42. The van der Waals surface area contributed by atoms with E-state index in [1.54, 1.807) is 6.07 Å². The fourth-order valence-electron chi connectivity index (χ4n) is 5.53. The molecule has 3 heterocycles. The first-order valence-corrected chi connectivity index (χ1v) is 13.6. The highest BCUT2D eigenvalue weighted by atomic mass is 32.1. The SMILES string of the molecule is Cc1ccccc1Oc1ccc(N2C(=S)N[C@H](c3ccccn3)[C@H]2c2cc(C)n(-c3ccccc3O)c2C)cc1. The zero-order chi connectivity index (χ0) is 27.8. The van der Waals surface area contributed by atoms with E-state index >= 15 is 0 Å². The molecule has 5 aromatic rings. The molecule has 3 aromatic carbocycles. The topological polar surface area (TPSA) is 62.5 Å². The maximum Gasteiger partial charge on any atom is 0.174 e. The largest absolute Gasteiger partial charge is 0.506 e. The molecule has 40 heavy (non-hydrogen) atoms. The number of aromatic nitrogens is 2. The zero-order valence-electron chi connectivity index (χ0n) is 22.6. The van der Waals surface area contributed by atoms with Crippen molar-refractivity contribution >= 4 is 23.0 Å². The van der Waals surface area contributed by atoms with Crippen LogP contribution in [-0.4, -0.2) is 19.8 Å². The van der Waals surface area contributed by atoms with Gasteiger partial charge in [0.2, 0.25) is 0 Å². The van der Waals surface area contributed by atoms with Gasteiger partial charge in [-0.15, -0.1) is 0 Å². The average Bonchev–Trinajstić information content (AvgIpc) is 3.46. The third-order valence-electron chi connectivity index (χ3n) is 7.45. The van der Waals surface area contributed by atoms with Gasteiger partial charge in [0.15, 0.2) is 5.11 Å². The molecular formula is C33H30N4O2S. The molecule has 0 radical (unpaired) electrons. The predicted molar refractivity (Wildman–Crippen MR) is 163 cm³/mol. The number of para-hydroxylation sites is 3. The van der Waals surface area contributed by atoms with Crippen LogP contribution in [0.25, 0.3) is 5.69 Å². The fraction of sp³-hybridized carbons (Fsp3) is 0.152. The van der Waals surface area contributed by atoms with Crippen LogP contribution >= 0.6 is 12.2 Å². The number of nitrogens with zero attached hydrogens (tertiary/aromatic N) is 3. The molecule has 1 saturated heterocycles. The molecule has 0 amide bonds. The highest BCUT2D eigenvalue weighted by molar-refractivity contribution is 7.80. The average molecular weight is 547 g/mol. The summed E-state index contributed by atoms with van der Waals surface area (Å²) in [6, 6.07) is 31.2. The van der Waals surface area contributed by atoms with E-state index < -0.39 is 0 Å². The van der Waals surface area contributed by atoms with Gasteiger partial charge in [-0.3, -0.25) is 4.98 Å². The summed E-state index contributed by atoms with van der Waals surface area (Å²) >= 11 is 5.94. The second-order valence-corrected chi connectivity index (χ2v) is 10.4. The number of pyridine rings is 1. The Kier molecular flexibility index (Phi) is 6.74. The summed E-state index contributed by atoms with van der Waals surface area (Å²) in [7, 11) is 0. The molecule has 1 aliphatic heterocycles. The second-order valence-electron chi connectivity index (χ2n) is 10.0. The number of aryl methyl sites for hydroxylation is 2. The smallest absolute Gasteiger partial charge is 0.174 e. The number of thiocarbonyl (C=S) groups is 1. The van der Waals surface area contributed by atoms with Crippen LogP contribution in [0.3, 0.4) is 0 Å². The normalized spacial score (nSPS) is 16.7. The van der Waals surface area contributed by atoms with E-state index in [1.807, 2.05) is 98.0 Å².